The molecule has 0 aliphatic carbocycles. The lowest BCUT2D eigenvalue weighted by Crippen LogP contribution is -2.24. The van der Waals surface area contributed by atoms with Crippen LogP contribution in [0.15, 0.2) is 12.2 Å². The molecule has 1 unspecified atom stereocenters. The van der Waals surface area contributed by atoms with Crippen molar-refractivity contribution in [2.24, 2.45) is 0 Å². The largest absolute Gasteiger partial charge is 0.460 e. The van der Waals surface area contributed by atoms with Crippen LogP contribution in [0.4, 0.5) is 0 Å². The molecule has 0 spiro atoms. The average molecular weight is 220 g/mol. The summed E-state index contributed by atoms with van der Waals surface area (Å²) in [5, 5.41) is 9.25. The van der Waals surface area contributed by atoms with Gasteiger partial charge in [-0.05, 0) is 6.92 Å². The van der Waals surface area contributed by atoms with E-state index in [4.69, 9.17) is 9.47 Å². The molecule has 0 amide bonds. The molecule has 82 valence electrons. The van der Waals surface area contributed by atoms with E-state index in [9.17, 15) is 9.90 Å². The van der Waals surface area contributed by atoms with Crippen molar-refractivity contribution in [1.82, 2.24) is 0 Å². The summed E-state index contributed by atoms with van der Waals surface area (Å²) in [4.78, 5) is 10.9. The molecule has 4 nitrogen and oxygen atoms in total. The summed E-state index contributed by atoms with van der Waals surface area (Å²) in [7, 11) is 0. The van der Waals surface area contributed by atoms with Crippen LogP contribution in [0.2, 0.25) is 0 Å². The summed E-state index contributed by atoms with van der Waals surface area (Å²) in [6, 6.07) is 0. The Hall–Kier alpha value is -0.520. The molecule has 0 aromatic heterocycles. The molecule has 0 saturated carbocycles. The average Bonchev–Trinajstić information content (AvgIpc) is 2.14. The molecular formula is C9H16O4S. The van der Waals surface area contributed by atoms with Gasteiger partial charge in [0.15, 0.2) is 0 Å². The first-order valence-electron chi connectivity index (χ1n) is 4.27. The van der Waals surface area contributed by atoms with Crippen molar-refractivity contribution in [3.63, 3.8) is 0 Å². The van der Waals surface area contributed by atoms with E-state index in [1.165, 1.54) is 0 Å². The number of hydrogen-bond acceptors (Lipinski definition) is 5. The second-order valence-electron chi connectivity index (χ2n) is 2.83. The van der Waals surface area contributed by atoms with Gasteiger partial charge in [-0.2, -0.15) is 12.6 Å². The van der Waals surface area contributed by atoms with Crippen LogP contribution in [0.25, 0.3) is 0 Å². The Kier molecular flexibility index (Phi) is 7.55. The number of ether oxygens (including phenoxy) is 2. The quantitative estimate of drug-likeness (QED) is 0.282. The van der Waals surface area contributed by atoms with Gasteiger partial charge in [0.2, 0.25) is 0 Å². The van der Waals surface area contributed by atoms with E-state index in [1.54, 1.807) is 6.92 Å². The highest BCUT2D eigenvalue weighted by atomic mass is 32.1. The van der Waals surface area contributed by atoms with Crippen LogP contribution in [0.1, 0.15) is 6.92 Å². The van der Waals surface area contributed by atoms with E-state index >= 15 is 0 Å². The van der Waals surface area contributed by atoms with Crippen molar-refractivity contribution < 1.29 is 19.4 Å². The normalized spacial score (nSPS) is 12.2. The number of aliphatic hydroxyl groups excluding tert-OH is 1. The zero-order valence-electron chi connectivity index (χ0n) is 8.23. The molecule has 0 aliphatic rings. The number of carbonyl (C=O) groups excluding carboxylic acids is 1. The van der Waals surface area contributed by atoms with E-state index in [0.29, 0.717) is 17.9 Å². The maximum Gasteiger partial charge on any atom is 0.333 e. The SMILES string of the molecule is C=C(C)C(=O)OCC(O)COCCS. The Balaban J connectivity index is 3.48. The number of thiol groups is 1. The molecule has 0 radical (unpaired) electrons. The van der Waals surface area contributed by atoms with Crippen molar-refractivity contribution in [3.05, 3.63) is 12.2 Å². The fourth-order valence-electron chi connectivity index (χ4n) is 0.627. The van der Waals surface area contributed by atoms with Crippen molar-refractivity contribution in [3.8, 4) is 0 Å². The molecule has 1 N–H and O–H groups in total. The Labute approximate surface area is 89.3 Å². The third kappa shape index (κ3) is 6.94. The van der Waals surface area contributed by atoms with Gasteiger partial charge in [-0.1, -0.05) is 6.58 Å². The van der Waals surface area contributed by atoms with E-state index in [1.807, 2.05) is 0 Å². The lowest BCUT2D eigenvalue weighted by atomic mass is 10.3. The van der Waals surface area contributed by atoms with E-state index in [-0.39, 0.29) is 13.2 Å². The summed E-state index contributed by atoms with van der Waals surface area (Å²) >= 11 is 3.93. The van der Waals surface area contributed by atoms with Gasteiger partial charge in [0, 0.05) is 11.3 Å². The highest BCUT2D eigenvalue weighted by Gasteiger charge is 2.08. The number of hydrogen-bond donors (Lipinski definition) is 2. The third-order valence-corrected chi connectivity index (χ3v) is 1.48. The molecule has 1 atom stereocenters. The van der Waals surface area contributed by atoms with Gasteiger partial charge in [-0.25, -0.2) is 4.79 Å². The topological polar surface area (TPSA) is 55.8 Å². The molecule has 0 bridgehead atoms. The first-order valence-corrected chi connectivity index (χ1v) is 4.90. The minimum Gasteiger partial charge on any atom is -0.460 e. The summed E-state index contributed by atoms with van der Waals surface area (Å²) in [5.41, 5.74) is 0.313. The minimum absolute atomic E-state index is 0.0712. The molecule has 0 heterocycles. The van der Waals surface area contributed by atoms with Crippen molar-refractivity contribution >= 4 is 18.6 Å². The lowest BCUT2D eigenvalue weighted by molar-refractivity contribution is -0.143. The monoisotopic (exact) mass is 220 g/mol. The van der Waals surface area contributed by atoms with Crippen LogP contribution >= 0.6 is 12.6 Å². The van der Waals surface area contributed by atoms with Crippen LogP contribution in [-0.2, 0) is 14.3 Å². The molecule has 0 aliphatic heterocycles. The molecule has 0 aromatic rings. The van der Waals surface area contributed by atoms with Crippen molar-refractivity contribution in [2.75, 3.05) is 25.6 Å². The predicted octanol–water partition coefficient (Wildman–Crippen LogP) is 0.413. The van der Waals surface area contributed by atoms with Crippen LogP contribution in [-0.4, -0.2) is 42.8 Å². The highest BCUT2D eigenvalue weighted by Crippen LogP contribution is 1.94. The first-order chi connectivity index (χ1) is 6.57. The van der Waals surface area contributed by atoms with Gasteiger partial charge < -0.3 is 14.6 Å². The van der Waals surface area contributed by atoms with Crippen molar-refractivity contribution in [2.45, 2.75) is 13.0 Å². The predicted molar refractivity (Wildman–Crippen MR) is 56.5 cm³/mol. The van der Waals surface area contributed by atoms with Gasteiger partial charge in [-0.15, -0.1) is 0 Å². The van der Waals surface area contributed by atoms with Gasteiger partial charge in [0.25, 0.3) is 0 Å². The maximum atomic E-state index is 10.9. The molecule has 0 saturated heterocycles. The molecule has 0 fully saturated rings. The van der Waals surface area contributed by atoms with E-state index < -0.39 is 12.1 Å². The fourth-order valence-corrected chi connectivity index (χ4v) is 0.756. The van der Waals surface area contributed by atoms with Crippen LogP contribution in [0.3, 0.4) is 0 Å². The second kappa shape index (κ2) is 7.84. The van der Waals surface area contributed by atoms with Crippen LogP contribution in [0.5, 0.6) is 0 Å². The molecule has 0 aromatic carbocycles. The Morgan fingerprint density at radius 1 is 1.57 bits per heavy atom. The molecule has 14 heavy (non-hydrogen) atoms. The lowest BCUT2D eigenvalue weighted by Gasteiger charge is -2.11. The summed E-state index contributed by atoms with van der Waals surface area (Å²) in [5.74, 6) is 0.0939. The minimum atomic E-state index is -0.793. The maximum absolute atomic E-state index is 10.9. The van der Waals surface area contributed by atoms with Gasteiger partial charge in [0.05, 0.1) is 13.2 Å². The van der Waals surface area contributed by atoms with Crippen LogP contribution < -0.4 is 0 Å². The molecule has 0 rings (SSSR count). The van der Waals surface area contributed by atoms with Gasteiger partial charge in [-0.3, -0.25) is 0 Å². The Morgan fingerprint density at radius 3 is 2.71 bits per heavy atom. The first kappa shape index (κ1) is 13.5. The summed E-state index contributed by atoms with van der Waals surface area (Å²) in [6.07, 6.45) is -0.793. The molecule has 5 heteroatoms. The smallest absolute Gasteiger partial charge is 0.333 e. The van der Waals surface area contributed by atoms with E-state index in [2.05, 4.69) is 19.2 Å². The molecular weight excluding hydrogens is 204 g/mol. The summed E-state index contributed by atoms with van der Waals surface area (Å²) < 4.78 is 9.71. The van der Waals surface area contributed by atoms with Gasteiger partial charge in [0.1, 0.15) is 12.7 Å². The summed E-state index contributed by atoms with van der Waals surface area (Å²) in [6.45, 7) is 5.50. The zero-order chi connectivity index (χ0) is 11.0. The number of esters is 1. The van der Waals surface area contributed by atoms with Crippen molar-refractivity contribution in [1.29, 1.82) is 0 Å². The third-order valence-electron chi connectivity index (χ3n) is 1.30. The number of rotatable bonds is 7. The zero-order valence-corrected chi connectivity index (χ0v) is 9.13. The Morgan fingerprint density at radius 2 is 2.21 bits per heavy atom. The standard InChI is InChI=1S/C9H16O4S/c1-7(2)9(11)13-6-8(10)5-12-3-4-14/h8,10,14H,1,3-6H2,2H3. The van der Waals surface area contributed by atoms with Gasteiger partial charge >= 0.3 is 5.97 Å². The van der Waals surface area contributed by atoms with E-state index in [0.717, 1.165) is 0 Å². The second-order valence-corrected chi connectivity index (χ2v) is 3.28. The number of aliphatic hydroxyl groups is 1. The fraction of sp³-hybridized carbons (Fsp3) is 0.667. The highest BCUT2D eigenvalue weighted by molar-refractivity contribution is 7.80. The Bertz CT molecular complexity index is 193. The van der Waals surface area contributed by atoms with Crippen LogP contribution in [0, 0.1) is 0 Å². The number of carbonyl (C=O) groups is 1.